The van der Waals surface area contributed by atoms with E-state index in [1.165, 1.54) is 31.7 Å². The van der Waals surface area contributed by atoms with Gasteiger partial charge < -0.3 is 14.5 Å². The predicted molar refractivity (Wildman–Crippen MR) is 106 cm³/mol. The molecular formula is C21H21N3O5. The normalized spacial score (nSPS) is 14.8. The molecule has 0 radical (unpaired) electrons. The molecule has 0 spiro atoms. The Hall–Kier alpha value is -3.60. The van der Waals surface area contributed by atoms with Gasteiger partial charge >= 0.3 is 0 Å². The van der Waals surface area contributed by atoms with Gasteiger partial charge in [0.25, 0.3) is 11.6 Å². The van der Waals surface area contributed by atoms with E-state index in [1.54, 1.807) is 18.2 Å². The molecule has 29 heavy (non-hydrogen) atoms. The number of furan rings is 1. The van der Waals surface area contributed by atoms with Crippen LogP contribution in [0.5, 0.6) is 5.75 Å². The number of nitriles is 1. The second kappa shape index (κ2) is 9.06. The average molecular weight is 395 g/mol. The highest BCUT2D eigenvalue weighted by Crippen LogP contribution is 2.34. The summed E-state index contributed by atoms with van der Waals surface area (Å²) in [6, 6.07) is 9.55. The monoisotopic (exact) mass is 395 g/mol. The lowest BCUT2D eigenvalue weighted by Crippen LogP contribution is -2.36. The van der Waals surface area contributed by atoms with Gasteiger partial charge in [-0.15, -0.1) is 0 Å². The Bertz CT molecular complexity index is 980. The largest absolute Gasteiger partial charge is 0.497 e. The first-order valence-corrected chi connectivity index (χ1v) is 9.37. The van der Waals surface area contributed by atoms with Crippen LogP contribution in [0.4, 0.5) is 5.69 Å². The maximum Gasteiger partial charge on any atom is 0.284 e. The minimum atomic E-state index is -0.520. The molecule has 2 aromatic rings. The minimum absolute atomic E-state index is 0.0688. The summed E-state index contributed by atoms with van der Waals surface area (Å²) in [5, 5.41) is 23.6. The van der Waals surface area contributed by atoms with Crippen LogP contribution in [0.1, 0.15) is 37.9 Å². The molecule has 0 aliphatic heterocycles. The van der Waals surface area contributed by atoms with Crippen molar-refractivity contribution >= 4 is 17.7 Å². The van der Waals surface area contributed by atoms with Crippen LogP contribution in [-0.4, -0.2) is 24.0 Å². The molecule has 3 rings (SSSR count). The number of carbonyl (C=O) groups excluding carboxylic acids is 1. The van der Waals surface area contributed by atoms with E-state index in [2.05, 4.69) is 5.32 Å². The van der Waals surface area contributed by atoms with Gasteiger partial charge in [0.05, 0.1) is 23.7 Å². The summed E-state index contributed by atoms with van der Waals surface area (Å²) in [7, 11) is 1.43. The number of benzene rings is 1. The third-order valence-electron chi connectivity index (χ3n) is 4.89. The smallest absolute Gasteiger partial charge is 0.284 e. The predicted octanol–water partition coefficient (Wildman–Crippen LogP) is 4.22. The Morgan fingerprint density at radius 3 is 2.72 bits per heavy atom. The van der Waals surface area contributed by atoms with Crippen LogP contribution in [-0.2, 0) is 4.79 Å². The third-order valence-corrected chi connectivity index (χ3v) is 4.89. The molecule has 1 fully saturated rings. The fourth-order valence-electron chi connectivity index (χ4n) is 3.37. The molecule has 150 valence electrons. The van der Waals surface area contributed by atoms with Crippen LogP contribution in [0.2, 0.25) is 0 Å². The van der Waals surface area contributed by atoms with Gasteiger partial charge in [0.15, 0.2) is 0 Å². The van der Waals surface area contributed by atoms with E-state index in [4.69, 9.17) is 9.15 Å². The number of carbonyl (C=O) groups is 1. The van der Waals surface area contributed by atoms with E-state index in [0.717, 1.165) is 25.7 Å². The summed E-state index contributed by atoms with van der Waals surface area (Å²) in [6.45, 7) is 0. The zero-order chi connectivity index (χ0) is 20.8. The molecule has 0 atom stereocenters. The highest BCUT2D eigenvalue weighted by molar-refractivity contribution is 6.01. The highest BCUT2D eigenvalue weighted by Gasteiger charge is 2.21. The van der Waals surface area contributed by atoms with Gasteiger partial charge in [0.2, 0.25) is 0 Å². The van der Waals surface area contributed by atoms with Crippen molar-refractivity contribution in [2.45, 2.75) is 38.1 Å². The molecule has 1 aliphatic rings. The molecule has 1 amide bonds. The van der Waals surface area contributed by atoms with E-state index < -0.39 is 10.8 Å². The molecule has 1 aliphatic carbocycles. The van der Waals surface area contributed by atoms with Gasteiger partial charge in [-0.25, -0.2) is 0 Å². The average Bonchev–Trinajstić information content (AvgIpc) is 3.20. The van der Waals surface area contributed by atoms with Crippen molar-refractivity contribution in [3.05, 3.63) is 51.8 Å². The first kappa shape index (κ1) is 20.1. The highest BCUT2D eigenvalue weighted by atomic mass is 16.6. The number of hydrogen-bond acceptors (Lipinski definition) is 6. The van der Waals surface area contributed by atoms with Crippen molar-refractivity contribution in [2.75, 3.05) is 7.11 Å². The Morgan fingerprint density at radius 2 is 2.07 bits per heavy atom. The lowest BCUT2D eigenvalue weighted by molar-refractivity contribution is -0.384. The second-order valence-corrected chi connectivity index (χ2v) is 6.82. The SMILES string of the molecule is COc1ccc(-c2ccc(/C=C(/C#N)C(=O)NC3CCCCC3)o2)c([N+](=O)[O-])c1. The molecule has 1 aromatic heterocycles. The maximum absolute atomic E-state index is 12.4. The Kier molecular flexibility index (Phi) is 6.29. The second-order valence-electron chi connectivity index (χ2n) is 6.82. The number of nitro groups is 1. The van der Waals surface area contributed by atoms with E-state index in [0.29, 0.717) is 5.75 Å². The lowest BCUT2D eigenvalue weighted by Gasteiger charge is -2.22. The minimum Gasteiger partial charge on any atom is -0.497 e. The van der Waals surface area contributed by atoms with E-state index in [-0.39, 0.29) is 34.4 Å². The molecule has 1 heterocycles. The van der Waals surface area contributed by atoms with E-state index in [1.807, 2.05) is 6.07 Å². The van der Waals surface area contributed by atoms with E-state index in [9.17, 15) is 20.2 Å². The van der Waals surface area contributed by atoms with Gasteiger partial charge in [0.1, 0.15) is 28.9 Å². The lowest BCUT2D eigenvalue weighted by atomic mass is 9.95. The summed E-state index contributed by atoms with van der Waals surface area (Å²) in [4.78, 5) is 23.2. The molecule has 1 aromatic carbocycles. The van der Waals surface area contributed by atoms with Crippen molar-refractivity contribution < 1.29 is 18.9 Å². The fraction of sp³-hybridized carbons (Fsp3) is 0.333. The molecule has 1 N–H and O–H groups in total. The molecule has 8 nitrogen and oxygen atoms in total. The molecule has 8 heteroatoms. The summed E-state index contributed by atoms with van der Waals surface area (Å²) in [6.07, 6.45) is 6.47. The van der Waals surface area contributed by atoms with Crippen LogP contribution in [0.15, 0.2) is 40.3 Å². The van der Waals surface area contributed by atoms with Crippen LogP contribution in [0, 0.1) is 21.4 Å². The molecule has 0 saturated heterocycles. The number of methoxy groups -OCH3 is 1. The number of nitrogens with zero attached hydrogens (tertiary/aromatic N) is 2. The van der Waals surface area contributed by atoms with Crippen molar-refractivity contribution in [3.8, 4) is 23.1 Å². The summed E-state index contributed by atoms with van der Waals surface area (Å²) in [5.41, 5.74) is 0.0473. The van der Waals surface area contributed by atoms with Gasteiger partial charge in [-0.2, -0.15) is 5.26 Å². The van der Waals surface area contributed by atoms with Crippen molar-refractivity contribution in [3.63, 3.8) is 0 Å². The number of ether oxygens (including phenoxy) is 1. The fourth-order valence-corrected chi connectivity index (χ4v) is 3.37. The zero-order valence-corrected chi connectivity index (χ0v) is 16.0. The Morgan fingerprint density at radius 1 is 1.31 bits per heavy atom. The first-order chi connectivity index (χ1) is 14.0. The Labute approximate surface area is 167 Å². The number of nitrogens with one attached hydrogen (secondary N) is 1. The van der Waals surface area contributed by atoms with Crippen LogP contribution < -0.4 is 10.1 Å². The van der Waals surface area contributed by atoms with E-state index >= 15 is 0 Å². The zero-order valence-electron chi connectivity index (χ0n) is 16.0. The van der Waals surface area contributed by atoms with Crippen molar-refractivity contribution in [2.24, 2.45) is 0 Å². The first-order valence-electron chi connectivity index (χ1n) is 9.37. The van der Waals surface area contributed by atoms with Gasteiger partial charge in [-0.05, 0) is 37.1 Å². The van der Waals surface area contributed by atoms with Gasteiger partial charge in [-0.1, -0.05) is 19.3 Å². The maximum atomic E-state index is 12.4. The van der Waals surface area contributed by atoms with Gasteiger partial charge in [-0.3, -0.25) is 14.9 Å². The molecular weight excluding hydrogens is 374 g/mol. The topological polar surface area (TPSA) is 118 Å². The molecule has 0 bridgehead atoms. The van der Waals surface area contributed by atoms with Crippen molar-refractivity contribution in [1.29, 1.82) is 5.26 Å². The van der Waals surface area contributed by atoms with Crippen LogP contribution in [0.25, 0.3) is 17.4 Å². The number of amides is 1. The summed E-state index contributed by atoms with van der Waals surface area (Å²) < 4.78 is 10.7. The van der Waals surface area contributed by atoms with Crippen LogP contribution in [0.3, 0.4) is 0 Å². The number of rotatable bonds is 6. The molecule has 0 unspecified atom stereocenters. The summed E-state index contributed by atoms with van der Waals surface area (Å²) in [5.74, 6) is 0.446. The Balaban J connectivity index is 1.82. The van der Waals surface area contributed by atoms with Gasteiger partial charge in [0, 0.05) is 12.1 Å². The number of nitro benzene ring substituents is 1. The van der Waals surface area contributed by atoms with Crippen molar-refractivity contribution in [1.82, 2.24) is 5.32 Å². The number of hydrogen-bond donors (Lipinski definition) is 1. The van der Waals surface area contributed by atoms with Crippen LogP contribution >= 0.6 is 0 Å². The quantitative estimate of drug-likeness (QED) is 0.338. The third kappa shape index (κ3) is 4.82. The standard InChI is InChI=1S/C21H21N3O5/c1-28-16-7-9-18(19(12-16)24(26)27)20-10-8-17(29-20)11-14(13-22)21(25)23-15-5-3-2-4-6-15/h7-12,15H,2-6H2,1H3,(H,23,25)/b14-11-. The summed E-state index contributed by atoms with van der Waals surface area (Å²) >= 11 is 0. The molecule has 1 saturated carbocycles.